The van der Waals surface area contributed by atoms with E-state index in [1.165, 1.54) is 13.2 Å². The van der Waals surface area contributed by atoms with E-state index in [0.29, 0.717) is 0 Å². The van der Waals surface area contributed by atoms with Gasteiger partial charge in [0.25, 0.3) is 5.91 Å². The van der Waals surface area contributed by atoms with Crippen LogP contribution in [0.15, 0.2) is 23.1 Å². The summed E-state index contributed by atoms with van der Waals surface area (Å²) in [5.74, 6) is -1.84. The number of imide groups is 1. The van der Waals surface area contributed by atoms with Crippen LogP contribution < -0.4 is 20.5 Å². The van der Waals surface area contributed by atoms with Crippen LogP contribution >= 0.6 is 0 Å². The first kappa shape index (κ1) is 21.4. The van der Waals surface area contributed by atoms with Gasteiger partial charge in [-0.25, -0.2) is 23.1 Å². The van der Waals surface area contributed by atoms with Gasteiger partial charge in [-0.3, -0.25) is 10.1 Å². The van der Waals surface area contributed by atoms with Crippen molar-refractivity contribution >= 4 is 27.9 Å². The molecule has 0 aliphatic carbocycles. The van der Waals surface area contributed by atoms with Gasteiger partial charge in [-0.1, -0.05) is 0 Å². The number of primary sulfonamides is 1. The average molecular weight is 387 g/mol. The molecule has 11 heteroatoms. The number of hydrogen-bond donors (Lipinski definition) is 3. The summed E-state index contributed by atoms with van der Waals surface area (Å²) >= 11 is 0. The normalized spacial score (nSPS) is 11.4. The third-order valence-electron chi connectivity index (χ3n) is 2.80. The number of methoxy groups -OCH3 is 1. The van der Waals surface area contributed by atoms with Gasteiger partial charge in [-0.05, 0) is 39.0 Å². The first-order valence-corrected chi connectivity index (χ1v) is 8.88. The molecule has 0 spiro atoms. The lowest BCUT2D eigenvalue weighted by Crippen LogP contribution is -2.49. The third kappa shape index (κ3) is 6.69. The molecule has 1 rings (SSSR count). The second kappa shape index (κ2) is 8.15. The monoisotopic (exact) mass is 387 g/mol. The smallest absolute Gasteiger partial charge is 0.342 e. The summed E-state index contributed by atoms with van der Waals surface area (Å²) < 4.78 is 32.5. The van der Waals surface area contributed by atoms with Gasteiger partial charge < -0.3 is 14.8 Å². The highest BCUT2D eigenvalue weighted by Crippen LogP contribution is 2.22. The maximum Gasteiger partial charge on any atom is 0.342 e. The van der Waals surface area contributed by atoms with Crippen LogP contribution in [0.5, 0.6) is 5.75 Å². The molecular formula is C15H21N3O7S. The number of sulfonamides is 1. The molecule has 0 heterocycles. The number of amides is 3. The van der Waals surface area contributed by atoms with E-state index >= 15 is 0 Å². The zero-order valence-electron chi connectivity index (χ0n) is 14.8. The van der Waals surface area contributed by atoms with Crippen LogP contribution in [0.4, 0.5) is 4.79 Å². The third-order valence-corrected chi connectivity index (χ3v) is 3.71. The predicted octanol–water partition coefficient (Wildman–Crippen LogP) is 0.124. The second-order valence-electron chi connectivity index (χ2n) is 6.24. The molecule has 0 saturated heterocycles. The molecular weight excluding hydrogens is 366 g/mol. The minimum atomic E-state index is -4.04. The number of esters is 1. The lowest BCUT2D eigenvalue weighted by atomic mass is 10.1. The summed E-state index contributed by atoms with van der Waals surface area (Å²) in [6.07, 6.45) is 0. The first-order valence-electron chi connectivity index (χ1n) is 7.33. The number of nitrogens with two attached hydrogens (primary N) is 1. The zero-order chi connectivity index (χ0) is 20.1. The quantitative estimate of drug-likeness (QED) is 0.606. The molecule has 0 unspecified atom stereocenters. The number of urea groups is 1. The fraction of sp³-hybridized carbons (Fsp3) is 0.400. The summed E-state index contributed by atoms with van der Waals surface area (Å²) in [6, 6.07) is 2.62. The van der Waals surface area contributed by atoms with E-state index in [0.717, 1.165) is 12.1 Å². The Morgan fingerprint density at radius 3 is 2.31 bits per heavy atom. The topological polar surface area (TPSA) is 154 Å². The SMILES string of the molecule is COc1ccc(S(N)(=O)=O)cc1C(=O)OCC(=O)NC(=O)NC(C)(C)C. The van der Waals surface area contributed by atoms with Crippen molar-refractivity contribution in [3.63, 3.8) is 0 Å². The lowest BCUT2D eigenvalue weighted by Gasteiger charge is -2.20. The molecule has 0 bridgehead atoms. The summed E-state index contributed by atoms with van der Waals surface area (Å²) in [4.78, 5) is 35.0. The van der Waals surface area contributed by atoms with Gasteiger partial charge in [0.1, 0.15) is 11.3 Å². The maximum absolute atomic E-state index is 12.1. The van der Waals surface area contributed by atoms with Crippen molar-refractivity contribution in [3.8, 4) is 5.75 Å². The van der Waals surface area contributed by atoms with E-state index in [1.807, 2.05) is 5.32 Å². The van der Waals surface area contributed by atoms with Gasteiger partial charge in [0.2, 0.25) is 10.0 Å². The van der Waals surface area contributed by atoms with Crippen LogP contribution in [0.2, 0.25) is 0 Å². The van der Waals surface area contributed by atoms with Crippen molar-refractivity contribution in [2.75, 3.05) is 13.7 Å². The Morgan fingerprint density at radius 2 is 1.81 bits per heavy atom. The van der Waals surface area contributed by atoms with Gasteiger partial charge in [-0.15, -0.1) is 0 Å². The highest BCUT2D eigenvalue weighted by atomic mass is 32.2. The summed E-state index contributed by atoms with van der Waals surface area (Å²) in [5.41, 5.74) is -0.784. The summed E-state index contributed by atoms with van der Waals surface area (Å²) in [7, 11) is -2.77. The van der Waals surface area contributed by atoms with Crippen LogP contribution in [0.1, 0.15) is 31.1 Å². The molecule has 3 amide bonds. The van der Waals surface area contributed by atoms with Crippen LogP contribution in [-0.2, 0) is 19.6 Å². The minimum absolute atomic E-state index is 0.0354. The van der Waals surface area contributed by atoms with Crippen LogP contribution in [0, 0.1) is 0 Å². The molecule has 0 fully saturated rings. The van der Waals surface area contributed by atoms with E-state index < -0.39 is 40.1 Å². The Hall–Kier alpha value is -2.66. The molecule has 10 nitrogen and oxygen atoms in total. The molecule has 4 N–H and O–H groups in total. The number of benzene rings is 1. The van der Waals surface area contributed by atoms with Crippen molar-refractivity contribution in [3.05, 3.63) is 23.8 Å². The van der Waals surface area contributed by atoms with Crippen molar-refractivity contribution in [2.45, 2.75) is 31.2 Å². The molecule has 0 aromatic heterocycles. The van der Waals surface area contributed by atoms with E-state index in [4.69, 9.17) is 14.6 Å². The Balaban J connectivity index is 2.79. The average Bonchev–Trinajstić information content (AvgIpc) is 2.49. The standard InChI is InChI=1S/C15H21N3O7S/c1-15(2,3)18-14(21)17-12(19)8-25-13(20)10-7-9(26(16,22)23)5-6-11(10)24-4/h5-7H,8H2,1-4H3,(H2,16,22,23)(H2,17,18,19,21). The highest BCUT2D eigenvalue weighted by molar-refractivity contribution is 7.89. The highest BCUT2D eigenvalue weighted by Gasteiger charge is 2.20. The lowest BCUT2D eigenvalue weighted by molar-refractivity contribution is -0.123. The largest absolute Gasteiger partial charge is 0.496 e. The van der Waals surface area contributed by atoms with Gasteiger partial charge >= 0.3 is 12.0 Å². The molecule has 0 radical (unpaired) electrons. The minimum Gasteiger partial charge on any atom is -0.496 e. The van der Waals surface area contributed by atoms with Crippen LogP contribution in [0.25, 0.3) is 0 Å². The van der Waals surface area contributed by atoms with Gasteiger partial charge in [0.15, 0.2) is 6.61 Å². The van der Waals surface area contributed by atoms with Crippen molar-refractivity contribution < 1.29 is 32.3 Å². The summed E-state index contributed by atoms with van der Waals surface area (Å²) in [6.45, 7) is 4.42. The van der Waals surface area contributed by atoms with Gasteiger partial charge in [0.05, 0.1) is 12.0 Å². The van der Waals surface area contributed by atoms with Crippen molar-refractivity contribution in [2.24, 2.45) is 5.14 Å². The van der Waals surface area contributed by atoms with E-state index in [-0.39, 0.29) is 16.2 Å². The predicted molar refractivity (Wildman–Crippen MR) is 91.1 cm³/mol. The fourth-order valence-electron chi connectivity index (χ4n) is 1.77. The number of ether oxygens (including phenoxy) is 2. The molecule has 1 aromatic rings. The Labute approximate surface area is 151 Å². The molecule has 0 atom stereocenters. The molecule has 144 valence electrons. The second-order valence-corrected chi connectivity index (χ2v) is 7.80. The first-order chi connectivity index (χ1) is 11.8. The maximum atomic E-state index is 12.1. The Kier molecular flexibility index (Phi) is 6.70. The Bertz CT molecular complexity index is 813. The van der Waals surface area contributed by atoms with Crippen molar-refractivity contribution in [1.29, 1.82) is 0 Å². The van der Waals surface area contributed by atoms with Gasteiger partial charge in [0, 0.05) is 5.54 Å². The Morgan fingerprint density at radius 1 is 1.19 bits per heavy atom. The molecule has 0 saturated carbocycles. The van der Waals surface area contributed by atoms with Crippen molar-refractivity contribution in [1.82, 2.24) is 10.6 Å². The molecule has 1 aromatic carbocycles. The number of rotatable bonds is 5. The summed E-state index contributed by atoms with van der Waals surface area (Å²) in [5, 5.41) is 9.51. The van der Waals surface area contributed by atoms with Crippen LogP contribution in [-0.4, -0.2) is 45.6 Å². The number of carbonyl (C=O) groups is 3. The van der Waals surface area contributed by atoms with E-state index in [2.05, 4.69) is 5.32 Å². The van der Waals surface area contributed by atoms with Crippen LogP contribution in [0.3, 0.4) is 0 Å². The number of hydrogen-bond acceptors (Lipinski definition) is 7. The van der Waals surface area contributed by atoms with E-state index in [9.17, 15) is 22.8 Å². The van der Waals surface area contributed by atoms with E-state index in [1.54, 1.807) is 20.8 Å². The number of nitrogens with one attached hydrogen (secondary N) is 2. The zero-order valence-corrected chi connectivity index (χ0v) is 15.6. The van der Waals surface area contributed by atoms with Gasteiger partial charge in [-0.2, -0.15) is 0 Å². The fourth-order valence-corrected chi connectivity index (χ4v) is 2.31. The molecule has 0 aliphatic rings. The molecule has 26 heavy (non-hydrogen) atoms. The molecule has 0 aliphatic heterocycles. The number of carbonyl (C=O) groups excluding carboxylic acids is 3.